The predicted molar refractivity (Wildman–Crippen MR) is 102 cm³/mol. The van der Waals surface area contributed by atoms with E-state index >= 15 is 0 Å². The van der Waals surface area contributed by atoms with E-state index in [9.17, 15) is 9.59 Å². The largest absolute Gasteiger partial charge is 0.495 e. The molecule has 2 N–H and O–H groups in total. The van der Waals surface area contributed by atoms with Crippen molar-refractivity contribution in [2.75, 3.05) is 26.6 Å². The number of hydrogen-bond donors (Lipinski definition) is 2. The Hall–Kier alpha value is -3.26. The van der Waals surface area contributed by atoms with Crippen LogP contribution in [0.3, 0.4) is 0 Å². The number of anilines is 1. The number of rotatable bonds is 6. The van der Waals surface area contributed by atoms with Crippen LogP contribution in [0.25, 0.3) is 0 Å². The predicted octanol–water partition coefficient (Wildman–Crippen LogP) is 2.45. The second kappa shape index (κ2) is 9.44. The minimum Gasteiger partial charge on any atom is -0.495 e. The van der Waals surface area contributed by atoms with Gasteiger partial charge in [0.05, 0.1) is 32.6 Å². The number of hydrogen-bond acceptors (Lipinski definition) is 6. The Morgan fingerprint density at radius 1 is 1.00 bits per heavy atom. The maximum absolute atomic E-state index is 11.9. The first-order valence-corrected chi connectivity index (χ1v) is 8.06. The summed E-state index contributed by atoms with van der Waals surface area (Å²) in [6.07, 6.45) is 1.34. The molecule has 2 aromatic rings. The summed E-state index contributed by atoms with van der Waals surface area (Å²) in [5.74, 6) is -0.417. The highest BCUT2D eigenvalue weighted by Crippen LogP contribution is 2.29. The summed E-state index contributed by atoms with van der Waals surface area (Å²) in [6.45, 7) is 0. The van der Waals surface area contributed by atoms with Crippen LogP contribution in [0.4, 0.5) is 5.69 Å². The van der Waals surface area contributed by atoms with Crippen LogP contribution in [0, 0.1) is 0 Å². The molecule has 0 radical (unpaired) electrons. The van der Waals surface area contributed by atoms with E-state index in [4.69, 9.17) is 25.8 Å². The SMILES string of the molecule is COc1ccc(NC(=O)C(=O)N/N=C\c2cccc(OC)c2OC)cc1Cl. The lowest BCUT2D eigenvalue weighted by Gasteiger charge is -2.09. The molecule has 0 fully saturated rings. The fraction of sp³-hybridized carbons (Fsp3) is 0.167. The zero-order valence-electron chi connectivity index (χ0n) is 14.9. The minimum absolute atomic E-state index is 0.304. The van der Waals surface area contributed by atoms with Gasteiger partial charge in [0, 0.05) is 11.3 Å². The third kappa shape index (κ3) is 5.11. The smallest absolute Gasteiger partial charge is 0.329 e. The van der Waals surface area contributed by atoms with Gasteiger partial charge < -0.3 is 19.5 Å². The molecule has 0 atom stereocenters. The molecule has 0 aliphatic carbocycles. The number of halogens is 1. The number of ether oxygens (including phenoxy) is 3. The van der Waals surface area contributed by atoms with Gasteiger partial charge >= 0.3 is 11.8 Å². The van der Waals surface area contributed by atoms with Crippen molar-refractivity contribution in [3.63, 3.8) is 0 Å². The van der Waals surface area contributed by atoms with Crippen molar-refractivity contribution in [1.82, 2.24) is 5.43 Å². The Labute approximate surface area is 161 Å². The number of para-hydroxylation sites is 1. The van der Waals surface area contributed by atoms with E-state index in [1.807, 2.05) is 0 Å². The summed E-state index contributed by atoms with van der Waals surface area (Å²) in [5, 5.41) is 6.48. The molecule has 0 unspecified atom stereocenters. The van der Waals surface area contributed by atoms with Crippen LogP contribution in [-0.2, 0) is 9.59 Å². The summed E-state index contributed by atoms with van der Waals surface area (Å²) in [7, 11) is 4.47. The van der Waals surface area contributed by atoms with Gasteiger partial charge in [-0.15, -0.1) is 0 Å². The van der Waals surface area contributed by atoms with Gasteiger partial charge in [0.25, 0.3) is 0 Å². The molecular formula is C18H18ClN3O5. The van der Waals surface area contributed by atoms with E-state index in [1.165, 1.54) is 33.6 Å². The van der Waals surface area contributed by atoms with Crippen LogP contribution >= 0.6 is 11.6 Å². The van der Waals surface area contributed by atoms with Crippen molar-refractivity contribution in [3.8, 4) is 17.2 Å². The molecule has 0 bridgehead atoms. The van der Waals surface area contributed by atoms with Gasteiger partial charge in [-0.25, -0.2) is 5.43 Å². The number of methoxy groups -OCH3 is 3. The van der Waals surface area contributed by atoms with E-state index in [0.717, 1.165) is 0 Å². The van der Waals surface area contributed by atoms with E-state index in [-0.39, 0.29) is 0 Å². The quantitative estimate of drug-likeness (QED) is 0.447. The van der Waals surface area contributed by atoms with Gasteiger partial charge in [-0.05, 0) is 30.3 Å². The maximum Gasteiger partial charge on any atom is 0.329 e. The minimum atomic E-state index is -0.944. The van der Waals surface area contributed by atoms with Crippen molar-refractivity contribution >= 4 is 35.3 Å². The second-order valence-corrected chi connectivity index (χ2v) is 5.49. The van der Waals surface area contributed by atoms with Gasteiger partial charge in [-0.1, -0.05) is 17.7 Å². The van der Waals surface area contributed by atoms with Gasteiger partial charge in [0.2, 0.25) is 0 Å². The van der Waals surface area contributed by atoms with Crippen LogP contribution in [-0.4, -0.2) is 39.4 Å². The standard InChI is InChI=1S/C18H18ClN3O5/c1-25-14-8-7-12(9-13(14)19)21-17(23)18(24)22-20-10-11-5-4-6-15(26-2)16(11)27-3/h4-10H,1-3H3,(H,21,23)(H,22,24)/b20-10-. The number of hydrazone groups is 1. The molecule has 2 aromatic carbocycles. The van der Waals surface area contributed by atoms with E-state index in [0.29, 0.717) is 33.5 Å². The van der Waals surface area contributed by atoms with Crippen LogP contribution in [0.1, 0.15) is 5.56 Å². The molecule has 0 saturated carbocycles. The van der Waals surface area contributed by atoms with Gasteiger partial charge in [-0.2, -0.15) is 5.10 Å². The maximum atomic E-state index is 11.9. The molecule has 9 heteroatoms. The molecule has 142 valence electrons. The highest BCUT2D eigenvalue weighted by atomic mass is 35.5. The molecule has 2 amide bonds. The molecule has 0 aliphatic heterocycles. The molecular weight excluding hydrogens is 374 g/mol. The van der Waals surface area contributed by atoms with Crippen LogP contribution in [0.2, 0.25) is 5.02 Å². The second-order valence-electron chi connectivity index (χ2n) is 5.09. The van der Waals surface area contributed by atoms with Crippen molar-refractivity contribution in [2.24, 2.45) is 5.10 Å². The Balaban J connectivity index is 2.00. The summed E-state index contributed by atoms with van der Waals surface area (Å²) in [5.41, 5.74) is 3.06. The average Bonchev–Trinajstić information content (AvgIpc) is 2.67. The number of carbonyl (C=O) groups is 2. The Kier molecular flexibility index (Phi) is 7.01. The van der Waals surface area contributed by atoms with Crippen LogP contribution in [0.15, 0.2) is 41.5 Å². The molecule has 0 aliphatic rings. The summed E-state index contributed by atoms with van der Waals surface area (Å²) < 4.78 is 15.4. The lowest BCUT2D eigenvalue weighted by Crippen LogP contribution is -2.32. The first kappa shape index (κ1) is 20.1. The highest BCUT2D eigenvalue weighted by molar-refractivity contribution is 6.40. The van der Waals surface area contributed by atoms with E-state index < -0.39 is 11.8 Å². The first-order valence-electron chi connectivity index (χ1n) is 7.69. The highest BCUT2D eigenvalue weighted by Gasteiger charge is 2.14. The van der Waals surface area contributed by atoms with Gasteiger partial charge in [0.15, 0.2) is 11.5 Å². The number of carbonyl (C=O) groups excluding carboxylic acids is 2. The van der Waals surface area contributed by atoms with Crippen molar-refractivity contribution < 1.29 is 23.8 Å². The normalized spacial score (nSPS) is 10.4. The Bertz CT molecular complexity index is 870. The average molecular weight is 392 g/mol. The summed E-state index contributed by atoms with van der Waals surface area (Å²) in [6, 6.07) is 9.78. The molecule has 27 heavy (non-hydrogen) atoms. The monoisotopic (exact) mass is 391 g/mol. The Morgan fingerprint density at radius 2 is 1.74 bits per heavy atom. The molecule has 0 saturated heterocycles. The first-order chi connectivity index (χ1) is 13.0. The fourth-order valence-corrected chi connectivity index (χ4v) is 2.41. The summed E-state index contributed by atoms with van der Waals surface area (Å²) in [4.78, 5) is 23.8. The Morgan fingerprint density at radius 3 is 2.37 bits per heavy atom. The fourth-order valence-electron chi connectivity index (χ4n) is 2.16. The molecule has 0 aromatic heterocycles. The molecule has 0 spiro atoms. The van der Waals surface area contributed by atoms with Gasteiger partial charge in [-0.3, -0.25) is 9.59 Å². The van der Waals surface area contributed by atoms with Crippen LogP contribution in [0.5, 0.6) is 17.2 Å². The lowest BCUT2D eigenvalue weighted by atomic mass is 10.2. The van der Waals surface area contributed by atoms with Crippen molar-refractivity contribution in [2.45, 2.75) is 0 Å². The zero-order chi connectivity index (χ0) is 19.8. The number of nitrogens with one attached hydrogen (secondary N) is 2. The van der Waals surface area contributed by atoms with E-state index in [2.05, 4.69) is 15.8 Å². The summed E-state index contributed by atoms with van der Waals surface area (Å²) >= 11 is 5.97. The topological polar surface area (TPSA) is 98.2 Å². The lowest BCUT2D eigenvalue weighted by molar-refractivity contribution is -0.136. The number of nitrogens with zero attached hydrogens (tertiary/aromatic N) is 1. The van der Waals surface area contributed by atoms with Crippen molar-refractivity contribution in [1.29, 1.82) is 0 Å². The molecule has 0 heterocycles. The molecule has 8 nitrogen and oxygen atoms in total. The molecule has 2 rings (SSSR count). The number of amides is 2. The number of benzene rings is 2. The third-order valence-electron chi connectivity index (χ3n) is 3.42. The zero-order valence-corrected chi connectivity index (χ0v) is 15.7. The van der Waals surface area contributed by atoms with Crippen LogP contribution < -0.4 is 25.0 Å². The van der Waals surface area contributed by atoms with Gasteiger partial charge in [0.1, 0.15) is 5.75 Å². The third-order valence-corrected chi connectivity index (χ3v) is 3.71. The van der Waals surface area contributed by atoms with E-state index in [1.54, 1.807) is 30.3 Å². The van der Waals surface area contributed by atoms with Crippen molar-refractivity contribution in [3.05, 3.63) is 47.0 Å².